The first-order chi connectivity index (χ1) is 12.8. The van der Waals surface area contributed by atoms with E-state index in [0.29, 0.717) is 13.0 Å². The van der Waals surface area contributed by atoms with E-state index in [9.17, 15) is 4.79 Å². The van der Waals surface area contributed by atoms with Crippen LogP contribution in [0.15, 0.2) is 53.1 Å². The fourth-order valence-corrected chi connectivity index (χ4v) is 3.95. The average Bonchev–Trinajstić information content (AvgIpc) is 3.41. The molecule has 0 aliphatic carbocycles. The van der Waals surface area contributed by atoms with E-state index in [1.807, 2.05) is 30.3 Å². The number of carbonyl (C=O) groups excluding carboxylic acids is 1. The molecule has 1 N–H and O–H groups in total. The number of anilines is 1. The lowest BCUT2D eigenvalue weighted by Gasteiger charge is -2.22. The highest BCUT2D eigenvalue weighted by atomic mass is 32.1. The van der Waals surface area contributed by atoms with Crippen LogP contribution in [0.25, 0.3) is 0 Å². The number of hydrogen-bond donors (Lipinski definition) is 1. The molecule has 0 saturated carbocycles. The summed E-state index contributed by atoms with van der Waals surface area (Å²) in [6.45, 7) is 1.24. The number of benzene rings is 1. The Bertz CT molecular complexity index is 848. The van der Waals surface area contributed by atoms with Crippen molar-refractivity contribution in [2.75, 3.05) is 11.4 Å². The number of furan rings is 1. The van der Waals surface area contributed by atoms with Gasteiger partial charge in [0.15, 0.2) is 0 Å². The second-order valence-corrected chi connectivity index (χ2v) is 7.03. The van der Waals surface area contributed by atoms with Crippen molar-refractivity contribution in [1.82, 2.24) is 14.7 Å². The fourth-order valence-electron chi connectivity index (χ4n) is 3.19. The molecule has 0 radical (unpaired) electrons. The maximum absolute atomic E-state index is 12.6. The number of nitrogens with zero attached hydrogens (tertiary/aromatic N) is 3. The van der Waals surface area contributed by atoms with Gasteiger partial charge in [0.25, 0.3) is 0 Å². The Hall–Kier alpha value is -2.67. The molecule has 3 heterocycles. The zero-order valence-corrected chi connectivity index (χ0v) is 15.1. The van der Waals surface area contributed by atoms with Crippen molar-refractivity contribution in [1.29, 1.82) is 0 Å². The van der Waals surface area contributed by atoms with Crippen LogP contribution >= 0.6 is 11.5 Å². The SMILES string of the molecule is O=C(NCc1ccco1)[C@H]1CCCN1c1nc(Cc2ccccc2)ns1. The van der Waals surface area contributed by atoms with Gasteiger partial charge < -0.3 is 14.6 Å². The van der Waals surface area contributed by atoms with Crippen molar-refractivity contribution in [2.24, 2.45) is 0 Å². The van der Waals surface area contributed by atoms with E-state index in [1.165, 1.54) is 17.1 Å². The van der Waals surface area contributed by atoms with Crippen LogP contribution in [0.1, 0.15) is 30.0 Å². The third kappa shape index (κ3) is 3.77. The molecule has 1 aliphatic heterocycles. The highest BCUT2D eigenvalue weighted by Gasteiger charge is 2.32. The van der Waals surface area contributed by atoms with Crippen LogP contribution in [0.4, 0.5) is 5.13 Å². The predicted molar refractivity (Wildman–Crippen MR) is 100 cm³/mol. The molecule has 1 amide bonds. The molecular weight excluding hydrogens is 348 g/mol. The standard InChI is InChI=1S/C19H20N4O2S/c24-18(20-13-15-8-5-11-25-15)16-9-4-10-23(16)19-21-17(22-26-19)12-14-6-2-1-3-7-14/h1-3,5-8,11,16H,4,9-10,12-13H2,(H,20,24)/t16-/m1/s1. The first kappa shape index (κ1) is 16.8. The number of nitrogens with one attached hydrogen (secondary N) is 1. The number of hydrogen-bond acceptors (Lipinski definition) is 6. The highest BCUT2D eigenvalue weighted by Crippen LogP contribution is 2.27. The quantitative estimate of drug-likeness (QED) is 0.724. The molecule has 0 unspecified atom stereocenters. The van der Waals surface area contributed by atoms with E-state index in [1.54, 1.807) is 6.26 Å². The van der Waals surface area contributed by atoms with Crippen LogP contribution in [0.2, 0.25) is 0 Å². The van der Waals surface area contributed by atoms with Crippen LogP contribution in [-0.4, -0.2) is 27.9 Å². The molecule has 7 heteroatoms. The van der Waals surface area contributed by atoms with Crippen LogP contribution in [0.5, 0.6) is 0 Å². The molecule has 1 atom stereocenters. The summed E-state index contributed by atoms with van der Waals surface area (Å²) in [5, 5.41) is 3.78. The third-order valence-corrected chi connectivity index (χ3v) is 5.27. The van der Waals surface area contributed by atoms with E-state index in [4.69, 9.17) is 4.42 Å². The Labute approximate surface area is 156 Å². The summed E-state index contributed by atoms with van der Waals surface area (Å²) in [5.41, 5.74) is 1.19. The number of amides is 1. The number of rotatable bonds is 6. The summed E-state index contributed by atoms with van der Waals surface area (Å²) in [6, 6.07) is 13.7. The third-order valence-electron chi connectivity index (χ3n) is 4.48. The second-order valence-electron chi connectivity index (χ2n) is 6.30. The molecule has 26 heavy (non-hydrogen) atoms. The van der Waals surface area contributed by atoms with Gasteiger partial charge in [-0.25, -0.2) is 4.98 Å². The first-order valence-electron chi connectivity index (χ1n) is 8.73. The van der Waals surface area contributed by atoms with Crippen molar-refractivity contribution in [3.63, 3.8) is 0 Å². The van der Waals surface area contributed by atoms with Crippen LogP contribution in [0, 0.1) is 0 Å². The first-order valence-corrected chi connectivity index (χ1v) is 9.50. The van der Waals surface area contributed by atoms with E-state index in [0.717, 1.165) is 36.1 Å². The van der Waals surface area contributed by atoms with Gasteiger partial charge in [0.05, 0.1) is 12.8 Å². The average molecular weight is 368 g/mol. The van der Waals surface area contributed by atoms with Crippen LogP contribution < -0.4 is 10.2 Å². The Balaban J connectivity index is 1.40. The van der Waals surface area contributed by atoms with E-state index in [-0.39, 0.29) is 11.9 Å². The predicted octanol–water partition coefficient (Wildman–Crippen LogP) is 3.01. The molecule has 3 aromatic rings. The van der Waals surface area contributed by atoms with Crippen molar-refractivity contribution in [3.05, 3.63) is 65.9 Å². The van der Waals surface area contributed by atoms with E-state index in [2.05, 4.69) is 31.7 Å². The summed E-state index contributed by atoms with van der Waals surface area (Å²) in [5.74, 6) is 1.57. The molecule has 0 bridgehead atoms. The number of carbonyl (C=O) groups is 1. The topological polar surface area (TPSA) is 71.3 Å². The zero-order chi connectivity index (χ0) is 17.8. The van der Waals surface area contributed by atoms with Gasteiger partial charge in [0.2, 0.25) is 11.0 Å². The molecule has 134 valence electrons. The van der Waals surface area contributed by atoms with Crippen LogP contribution in [0.3, 0.4) is 0 Å². The zero-order valence-electron chi connectivity index (χ0n) is 14.3. The lowest BCUT2D eigenvalue weighted by Crippen LogP contribution is -2.43. The van der Waals surface area contributed by atoms with E-state index >= 15 is 0 Å². The van der Waals surface area contributed by atoms with Gasteiger partial charge in [-0.15, -0.1) is 0 Å². The molecule has 1 fully saturated rings. The van der Waals surface area contributed by atoms with Crippen molar-refractivity contribution in [2.45, 2.75) is 31.8 Å². The molecule has 6 nitrogen and oxygen atoms in total. The Morgan fingerprint density at radius 3 is 2.96 bits per heavy atom. The van der Waals surface area contributed by atoms with Crippen molar-refractivity contribution >= 4 is 22.6 Å². The smallest absolute Gasteiger partial charge is 0.243 e. The normalized spacial score (nSPS) is 16.8. The van der Waals surface area contributed by atoms with Gasteiger partial charge in [-0.05, 0) is 30.5 Å². The molecule has 1 aliphatic rings. The molecule has 0 spiro atoms. The monoisotopic (exact) mass is 368 g/mol. The molecule has 1 saturated heterocycles. The van der Waals surface area contributed by atoms with Gasteiger partial charge >= 0.3 is 0 Å². The summed E-state index contributed by atoms with van der Waals surface area (Å²) >= 11 is 1.37. The minimum atomic E-state index is -0.192. The fraction of sp³-hybridized carbons (Fsp3) is 0.316. The van der Waals surface area contributed by atoms with Crippen molar-refractivity contribution < 1.29 is 9.21 Å². The van der Waals surface area contributed by atoms with Gasteiger partial charge in [0, 0.05) is 24.5 Å². The summed E-state index contributed by atoms with van der Waals surface area (Å²) in [6.07, 6.45) is 4.13. The molecule has 1 aromatic carbocycles. The lowest BCUT2D eigenvalue weighted by molar-refractivity contribution is -0.122. The van der Waals surface area contributed by atoms with E-state index < -0.39 is 0 Å². The lowest BCUT2D eigenvalue weighted by atomic mass is 10.1. The Kier molecular flexibility index (Phi) is 4.97. The van der Waals surface area contributed by atoms with Crippen molar-refractivity contribution in [3.8, 4) is 0 Å². The highest BCUT2D eigenvalue weighted by molar-refractivity contribution is 7.09. The molecule has 2 aromatic heterocycles. The second kappa shape index (κ2) is 7.70. The Morgan fingerprint density at radius 2 is 2.15 bits per heavy atom. The minimum Gasteiger partial charge on any atom is -0.467 e. The summed E-state index contributed by atoms with van der Waals surface area (Å²) < 4.78 is 9.75. The number of aromatic nitrogens is 2. The Morgan fingerprint density at radius 1 is 1.27 bits per heavy atom. The molecule has 4 rings (SSSR count). The largest absolute Gasteiger partial charge is 0.467 e. The van der Waals surface area contributed by atoms with Gasteiger partial charge in [-0.1, -0.05) is 30.3 Å². The maximum Gasteiger partial charge on any atom is 0.243 e. The van der Waals surface area contributed by atoms with Crippen LogP contribution in [-0.2, 0) is 17.8 Å². The van der Waals surface area contributed by atoms with Gasteiger partial charge in [-0.3, -0.25) is 4.79 Å². The summed E-state index contributed by atoms with van der Waals surface area (Å²) in [7, 11) is 0. The maximum atomic E-state index is 12.6. The summed E-state index contributed by atoms with van der Waals surface area (Å²) in [4.78, 5) is 19.3. The van der Waals surface area contributed by atoms with Gasteiger partial charge in [0.1, 0.15) is 17.6 Å². The minimum absolute atomic E-state index is 0.0127. The van der Waals surface area contributed by atoms with Gasteiger partial charge in [-0.2, -0.15) is 4.37 Å². The molecular formula is C19H20N4O2S.